The standard InChI is InChI=1S/C12H12BrClN4/c13-8-1-4-12(11(14)5-8)18-10(7-16-17-18)6-15-9-2-3-9/h1,4-5,7,9,15H,2-3,6H2. The Morgan fingerprint density at radius 3 is 3.00 bits per heavy atom. The van der Waals surface area contributed by atoms with Crippen LogP contribution in [0.1, 0.15) is 18.5 Å². The number of aromatic nitrogens is 3. The summed E-state index contributed by atoms with van der Waals surface area (Å²) < 4.78 is 2.73. The molecule has 1 aromatic heterocycles. The molecule has 1 saturated carbocycles. The van der Waals surface area contributed by atoms with Gasteiger partial charge in [0.1, 0.15) is 0 Å². The maximum Gasteiger partial charge on any atom is 0.0854 e. The van der Waals surface area contributed by atoms with Crippen LogP contribution in [0.2, 0.25) is 5.02 Å². The van der Waals surface area contributed by atoms with Crippen LogP contribution >= 0.6 is 27.5 Å². The molecule has 94 valence electrons. The van der Waals surface area contributed by atoms with E-state index in [9.17, 15) is 0 Å². The van der Waals surface area contributed by atoms with Crippen molar-refractivity contribution in [3.8, 4) is 5.69 Å². The fourth-order valence-electron chi connectivity index (χ4n) is 1.77. The van der Waals surface area contributed by atoms with Gasteiger partial charge >= 0.3 is 0 Å². The monoisotopic (exact) mass is 326 g/mol. The summed E-state index contributed by atoms with van der Waals surface area (Å²) in [6.45, 7) is 0.768. The van der Waals surface area contributed by atoms with Crippen molar-refractivity contribution in [1.82, 2.24) is 20.3 Å². The van der Waals surface area contributed by atoms with E-state index in [4.69, 9.17) is 11.6 Å². The van der Waals surface area contributed by atoms with Crippen molar-refractivity contribution in [2.75, 3.05) is 0 Å². The largest absolute Gasteiger partial charge is 0.308 e. The molecule has 0 aliphatic heterocycles. The molecule has 1 aliphatic rings. The summed E-state index contributed by atoms with van der Waals surface area (Å²) in [5.74, 6) is 0. The molecule has 0 spiro atoms. The van der Waals surface area contributed by atoms with Crippen molar-refractivity contribution in [3.63, 3.8) is 0 Å². The van der Waals surface area contributed by atoms with E-state index in [1.54, 1.807) is 10.9 Å². The number of rotatable bonds is 4. The van der Waals surface area contributed by atoms with Gasteiger partial charge in [-0.25, -0.2) is 4.68 Å². The van der Waals surface area contributed by atoms with Gasteiger partial charge in [0.2, 0.25) is 0 Å². The Morgan fingerprint density at radius 1 is 1.44 bits per heavy atom. The minimum Gasteiger partial charge on any atom is -0.308 e. The van der Waals surface area contributed by atoms with E-state index >= 15 is 0 Å². The summed E-state index contributed by atoms with van der Waals surface area (Å²) in [6, 6.07) is 6.40. The molecule has 1 N–H and O–H groups in total. The highest BCUT2D eigenvalue weighted by Gasteiger charge is 2.21. The summed E-state index contributed by atoms with van der Waals surface area (Å²) in [5.41, 5.74) is 1.87. The molecule has 2 aromatic rings. The molecular formula is C12H12BrClN4. The lowest BCUT2D eigenvalue weighted by molar-refractivity contribution is 0.647. The SMILES string of the molecule is Clc1cc(Br)ccc1-n1nncc1CNC1CC1. The van der Waals surface area contributed by atoms with Crippen LogP contribution in [0.15, 0.2) is 28.9 Å². The van der Waals surface area contributed by atoms with Gasteiger partial charge in [0, 0.05) is 17.1 Å². The van der Waals surface area contributed by atoms with Crippen LogP contribution in [0, 0.1) is 0 Å². The highest BCUT2D eigenvalue weighted by Crippen LogP contribution is 2.25. The fraction of sp³-hybridized carbons (Fsp3) is 0.333. The first-order chi connectivity index (χ1) is 8.74. The van der Waals surface area contributed by atoms with Gasteiger partial charge in [0.05, 0.1) is 22.6 Å². The third-order valence-corrected chi connectivity index (χ3v) is 3.70. The Balaban J connectivity index is 1.88. The van der Waals surface area contributed by atoms with E-state index in [2.05, 4.69) is 31.6 Å². The fourth-order valence-corrected chi connectivity index (χ4v) is 2.52. The van der Waals surface area contributed by atoms with Gasteiger partial charge in [0.25, 0.3) is 0 Å². The molecule has 3 rings (SSSR count). The van der Waals surface area contributed by atoms with Crippen LogP contribution in [0.25, 0.3) is 5.69 Å². The van der Waals surface area contributed by atoms with Crippen molar-refractivity contribution >= 4 is 27.5 Å². The average molecular weight is 328 g/mol. The van der Waals surface area contributed by atoms with E-state index in [0.717, 1.165) is 22.4 Å². The average Bonchev–Trinajstić information content (AvgIpc) is 3.06. The number of hydrogen-bond donors (Lipinski definition) is 1. The van der Waals surface area contributed by atoms with Gasteiger partial charge in [-0.2, -0.15) is 0 Å². The highest BCUT2D eigenvalue weighted by atomic mass is 79.9. The first kappa shape index (κ1) is 12.1. The topological polar surface area (TPSA) is 42.7 Å². The Labute approximate surface area is 118 Å². The van der Waals surface area contributed by atoms with Crippen molar-refractivity contribution in [3.05, 3.63) is 39.6 Å². The van der Waals surface area contributed by atoms with Crippen molar-refractivity contribution in [2.24, 2.45) is 0 Å². The zero-order valence-corrected chi connectivity index (χ0v) is 11.9. The third kappa shape index (κ3) is 2.58. The molecule has 1 aromatic carbocycles. The van der Waals surface area contributed by atoms with Gasteiger partial charge in [-0.05, 0) is 31.0 Å². The first-order valence-corrected chi connectivity index (χ1v) is 6.99. The second-order valence-electron chi connectivity index (χ2n) is 4.39. The smallest absolute Gasteiger partial charge is 0.0854 e. The first-order valence-electron chi connectivity index (χ1n) is 5.82. The maximum atomic E-state index is 6.23. The summed E-state index contributed by atoms with van der Waals surface area (Å²) in [6.07, 6.45) is 4.30. The predicted molar refractivity (Wildman–Crippen MR) is 73.9 cm³/mol. The number of hydrogen-bond acceptors (Lipinski definition) is 3. The van der Waals surface area contributed by atoms with E-state index in [0.29, 0.717) is 11.1 Å². The van der Waals surface area contributed by atoms with Crippen LogP contribution in [0.5, 0.6) is 0 Å². The summed E-state index contributed by atoms with van der Waals surface area (Å²) in [5, 5.41) is 12.2. The zero-order chi connectivity index (χ0) is 12.5. The van der Waals surface area contributed by atoms with E-state index in [1.165, 1.54) is 12.8 Å². The molecule has 6 heteroatoms. The van der Waals surface area contributed by atoms with Crippen molar-refractivity contribution < 1.29 is 0 Å². The van der Waals surface area contributed by atoms with Crippen LogP contribution in [0.4, 0.5) is 0 Å². The lowest BCUT2D eigenvalue weighted by atomic mass is 10.3. The number of benzene rings is 1. The lowest BCUT2D eigenvalue weighted by Gasteiger charge is -2.08. The summed E-state index contributed by atoms with van der Waals surface area (Å²) in [7, 11) is 0. The summed E-state index contributed by atoms with van der Waals surface area (Å²) in [4.78, 5) is 0. The molecule has 0 bridgehead atoms. The number of nitrogens with one attached hydrogen (secondary N) is 1. The Kier molecular flexibility index (Phi) is 3.37. The molecule has 0 saturated heterocycles. The van der Waals surface area contributed by atoms with Crippen LogP contribution < -0.4 is 5.32 Å². The normalized spacial score (nSPS) is 15.0. The van der Waals surface area contributed by atoms with E-state index in [1.807, 2.05) is 18.2 Å². The molecular weight excluding hydrogens is 316 g/mol. The third-order valence-electron chi connectivity index (χ3n) is 2.91. The van der Waals surface area contributed by atoms with E-state index in [-0.39, 0.29) is 0 Å². The van der Waals surface area contributed by atoms with E-state index < -0.39 is 0 Å². The maximum absolute atomic E-state index is 6.23. The zero-order valence-electron chi connectivity index (χ0n) is 9.61. The van der Waals surface area contributed by atoms with Gasteiger partial charge in [-0.3, -0.25) is 0 Å². The molecule has 1 aliphatic carbocycles. The molecule has 0 amide bonds. The van der Waals surface area contributed by atoms with Gasteiger partial charge in [0.15, 0.2) is 0 Å². The molecule has 0 radical (unpaired) electrons. The van der Waals surface area contributed by atoms with Crippen molar-refractivity contribution in [1.29, 1.82) is 0 Å². The molecule has 0 atom stereocenters. The number of halogens is 2. The molecule has 1 fully saturated rings. The van der Waals surface area contributed by atoms with Gasteiger partial charge < -0.3 is 5.32 Å². The summed E-state index contributed by atoms with van der Waals surface area (Å²) >= 11 is 9.62. The Morgan fingerprint density at radius 2 is 2.28 bits per heavy atom. The predicted octanol–water partition coefficient (Wildman–Crippen LogP) is 2.94. The van der Waals surface area contributed by atoms with Crippen molar-refractivity contribution in [2.45, 2.75) is 25.4 Å². The highest BCUT2D eigenvalue weighted by molar-refractivity contribution is 9.10. The molecule has 4 nitrogen and oxygen atoms in total. The molecule has 1 heterocycles. The van der Waals surface area contributed by atoms with Crippen LogP contribution in [0.3, 0.4) is 0 Å². The Hall–Kier alpha value is -0.910. The lowest BCUT2D eigenvalue weighted by Crippen LogP contribution is -2.18. The van der Waals surface area contributed by atoms with Gasteiger partial charge in [-0.1, -0.05) is 32.7 Å². The quantitative estimate of drug-likeness (QED) is 0.939. The van der Waals surface area contributed by atoms with Crippen LogP contribution in [-0.2, 0) is 6.54 Å². The van der Waals surface area contributed by atoms with Crippen LogP contribution in [-0.4, -0.2) is 21.0 Å². The van der Waals surface area contributed by atoms with Gasteiger partial charge in [-0.15, -0.1) is 5.10 Å². The molecule has 18 heavy (non-hydrogen) atoms. The minimum atomic E-state index is 0.655. The number of nitrogens with zero attached hydrogens (tertiary/aromatic N) is 3. The molecule has 0 unspecified atom stereocenters. The minimum absolute atomic E-state index is 0.655. The second-order valence-corrected chi connectivity index (χ2v) is 5.71. The second kappa shape index (κ2) is 4.99. The Bertz CT molecular complexity index is 565.